The molecule has 1 saturated heterocycles. The van der Waals surface area contributed by atoms with Gasteiger partial charge in [0.15, 0.2) is 0 Å². The lowest BCUT2D eigenvalue weighted by atomic mass is 10.2. The molecule has 13 heavy (non-hydrogen) atoms. The standard InChI is InChI=1S/C10H20O2Si/c1-5-13(12-10(2,3)4)9-7-6-8-11-13/h5H,1,6-9H2,2-4H3. The molecular formula is C10H20O2Si. The molecule has 0 aliphatic carbocycles. The van der Waals surface area contributed by atoms with Crippen molar-refractivity contribution in [2.75, 3.05) is 6.61 Å². The van der Waals surface area contributed by atoms with Gasteiger partial charge < -0.3 is 8.85 Å². The van der Waals surface area contributed by atoms with Crippen LogP contribution in [-0.4, -0.2) is 20.8 Å². The molecule has 0 amide bonds. The molecule has 1 aliphatic heterocycles. The summed E-state index contributed by atoms with van der Waals surface area (Å²) in [5.74, 6) is 0. The fourth-order valence-electron chi connectivity index (χ4n) is 1.59. The molecule has 76 valence electrons. The summed E-state index contributed by atoms with van der Waals surface area (Å²) >= 11 is 0. The zero-order chi connectivity index (χ0) is 9.95. The van der Waals surface area contributed by atoms with E-state index in [2.05, 4.69) is 27.4 Å². The van der Waals surface area contributed by atoms with Gasteiger partial charge in [-0.3, -0.25) is 0 Å². The minimum absolute atomic E-state index is 0.113. The highest BCUT2D eigenvalue weighted by atomic mass is 28.4. The Labute approximate surface area is 82.2 Å². The van der Waals surface area contributed by atoms with E-state index in [1.165, 1.54) is 6.42 Å². The van der Waals surface area contributed by atoms with Crippen molar-refractivity contribution in [1.82, 2.24) is 0 Å². The van der Waals surface area contributed by atoms with Gasteiger partial charge in [-0.2, -0.15) is 0 Å². The van der Waals surface area contributed by atoms with Crippen molar-refractivity contribution >= 4 is 8.56 Å². The van der Waals surface area contributed by atoms with Crippen molar-refractivity contribution in [2.24, 2.45) is 0 Å². The van der Waals surface area contributed by atoms with Crippen molar-refractivity contribution in [3.63, 3.8) is 0 Å². The number of rotatable bonds is 2. The largest absolute Gasteiger partial charge is 0.391 e. The molecule has 3 heteroatoms. The first-order valence-corrected chi connectivity index (χ1v) is 7.05. The van der Waals surface area contributed by atoms with Gasteiger partial charge in [0.05, 0.1) is 5.60 Å². The van der Waals surface area contributed by atoms with Gasteiger partial charge in [-0.25, -0.2) is 0 Å². The Bertz CT molecular complexity index is 178. The molecule has 1 heterocycles. The number of hydrogen-bond donors (Lipinski definition) is 0. The van der Waals surface area contributed by atoms with Crippen LogP contribution < -0.4 is 0 Å². The van der Waals surface area contributed by atoms with Gasteiger partial charge in [0.25, 0.3) is 0 Å². The minimum Gasteiger partial charge on any atom is -0.391 e. The third kappa shape index (κ3) is 3.25. The normalized spacial score (nSPS) is 30.1. The quantitative estimate of drug-likeness (QED) is 0.638. The minimum atomic E-state index is -2.03. The van der Waals surface area contributed by atoms with E-state index in [-0.39, 0.29) is 5.60 Å². The van der Waals surface area contributed by atoms with E-state index in [0.29, 0.717) is 0 Å². The molecule has 0 spiro atoms. The zero-order valence-electron chi connectivity index (χ0n) is 8.93. The van der Waals surface area contributed by atoms with Gasteiger partial charge in [0.2, 0.25) is 0 Å². The van der Waals surface area contributed by atoms with Gasteiger partial charge in [0.1, 0.15) is 0 Å². The molecule has 0 saturated carbocycles. The van der Waals surface area contributed by atoms with Crippen molar-refractivity contribution < 1.29 is 8.85 Å². The van der Waals surface area contributed by atoms with E-state index in [1.807, 2.05) is 5.70 Å². The van der Waals surface area contributed by atoms with E-state index in [0.717, 1.165) is 19.1 Å². The second-order valence-electron chi connectivity index (χ2n) is 4.54. The van der Waals surface area contributed by atoms with E-state index in [9.17, 15) is 0 Å². The highest BCUT2D eigenvalue weighted by Gasteiger charge is 2.39. The fraction of sp³-hybridized carbons (Fsp3) is 0.800. The van der Waals surface area contributed by atoms with Gasteiger partial charge in [-0.15, -0.1) is 6.58 Å². The Morgan fingerprint density at radius 2 is 2.08 bits per heavy atom. The zero-order valence-corrected chi connectivity index (χ0v) is 9.93. The first-order chi connectivity index (χ1) is 5.97. The maximum absolute atomic E-state index is 6.01. The summed E-state index contributed by atoms with van der Waals surface area (Å²) in [6, 6.07) is 1.06. The van der Waals surface area contributed by atoms with E-state index in [4.69, 9.17) is 8.85 Å². The number of hydrogen-bond acceptors (Lipinski definition) is 2. The lowest BCUT2D eigenvalue weighted by Gasteiger charge is -2.37. The summed E-state index contributed by atoms with van der Waals surface area (Å²) in [6.45, 7) is 10.9. The van der Waals surface area contributed by atoms with Crippen LogP contribution in [0, 0.1) is 0 Å². The van der Waals surface area contributed by atoms with Gasteiger partial charge >= 0.3 is 8.56 Å². The van der Waals surface area contributed by atoms with Crippen molar-refractivity contribution in [3.05, 3.63) is 12.3 Å². The van der Waals surface area contributed by atoms with Gasteiger partial charge in [-0.05, 0) is 45.4 Å². The molecule has 1 unspecified atom stereocenters. The monoisotopic (exact) mass is 200 g/mol. The predicted molar refractivity (Wildman–Crippen MR) is 56.8 cm³/mol. The maximum atomic E-state index is 6.01. The summed E-state index contributed by atoms with van der Waals surface area (Å²) in [7, 11) is -2.03. The topological polar surface area (TPSA) is 18.5 Å². The van der Waals surface area contributed by atoms with Crippen LogP contribution in [0.15, 0.2) is 12.3 Å². The maximum Gasteiger partial charge on any atom is 0.364 e. The average molecular weight is 200 g/mol. The second-order valence-corrected chi connectivity index (χ2v) is 7.56. The molecule has 0 aromatic heterocycles. The van der Waals surface area contributed by atoms with E-state index >= 15 is 0 Å². The van der Waals surface area contributed by atoms with Crippen LogP contribution in [0.4, 0.5) is 0 Å². The molecule has 0 aromatic rings. The van der Waals surface area contributed by atoms with E-state index in [1.54, 1.807) is 0 Å². The van der Waals surface area contributed by atoms with Crippen LogP contribution in [-0.2, 0) is 8.85 Å². The van der Waals surface area contributed by atoms with Crippen LogP contribution in [0.1, 0.15) is 33.6 Å². The molecule has 1 aliphatic rings. The van der Waals surface area contributed by atoms with Gasteiger partial charge in [-0.1, -0.05) is 0 Å². The molecule has 1 fully saturated rings. The Hall–Kier alpha value is -0.123. The van der Waals surface area contributed by atoms with Crippen molar-refractivity contribution in [3.8, 4) is 0 Å². The summed E-state index contributed by atoms with van der Waals surface area (Å²) < 4.78 is 11.8. The van der Waals surface area contributed by atoms with Crippen molar-refractivity contribution in [1.29, 1.82) is 0 Å². The first-order valence-electron chi connectivity index (χ1n) is 4.95. The Morgan fingerprint density at radius 1 is 1.38 bits per heavy atom. The Morgan fingerprint density at radius 3 is 2.46 bits per heavy atom. The molecular weight excluding hydrogens is 180 g/mol. The van der Waals surface area contributed by atoms with Crippen LogP contribution >= 0.6 is 0 Å². The molecule has 0 N–H and O–H groups in total. The van der Waals surface area contributed by atoms with Crippen LogP contribution in [0.5, 0.6) is 0 Å². The molecule has 0 bridgehead atoms. The molecule has 2 nitrogen and oxygen atoms in total. The first kappa shape index (κ1) is 11.0. The summed E-state index contributed by atoms with van der Waals surface area (Å²) in [4.78, 5) is 0. The molecule has 0 radical (unpaired) electrons. The summed E-state index contributed by atoms with van der Waals surface area (Å²) in [5.41, 5.74) is 1.81. The summed E-state index contributed by atoms with van der Waals surface area (Å²) in [5, 5.41) is 0. The second kappa shape index (κ2) is 3.94. The smallest absolute Gasteiger partial charge is 0.364 e. The fourth-order valence-corrected chi connectivity index (χ4v) is 4.57. The third-order valence-corrected chi connectivity index (χ3v) is 5.38. The van der Waals surface area contributed by atoms with Crippen LogP contribution in [0.3, 0.4) is 0 Å². The van der Waals surface area contributed by atoms with E-state index < -0.39 is 8.56 Å². The Kier molecular flexibility index (Phi) is 3.32. The SMILES string of the molecule is C=C[Si]1(OC(C)(C)C)CCCCO1. The molecule has 1 rings (SSSR count). The highest BCUT2D eigenvalue weighted by molar-refractivity contribution is 6.72. The average Bonchev–Trinajstić information content (AvgIpc) is 2.03. The van der Waals surface area contributed by atoms with Crippen LogP contribution in [0.25, 0.3) is 0 Å². The lowest BCUT2D eigenvalue weighted by molar-refractivity contribution is 0.0612. The molecule has 1 atom stereocenters. The lowest BCUT2D eigenvalue weighted by Crippen LogP contribution is -2.48. The highest BCUT2D eigenvalue weighted by Crippen LogP contribution is 2.28. The van der Waals surface area contributed by atoms with Gasteiger partial charge in [0, 0.05) is 6.61 Å². The molecule has 0 aromatic carbocycles. The predicted octanol–water partition coefficient (Wildman–Crippen LogP) is 2.78. The summed E-state index contributed by atoms with van der Waals surface area (Å²) in [6.07, 6.45) is 2.38. The third-order valence-electron chi connectivity index (χ3n) is 2.06. The van der Waals surface area contributed by atoms with Crippen molar-refractivity contribution in [2.45, 2.75) is 45.3 Å². The van der Waals surface area contributed by atoms with Crippen LogP contribution in [0.2, 0.25) is 6.04 Å². The Balaban J connectivity index is 2.63.